The molecule has 0 bridgehead atoms. The summed E-state index contributed by atoms with van der Waals surface area (Å²) in [6.45, 7) is 1.94. The number of thiocarbonyl (C=S) groups is 1. The number of carbonyl (C=O) groups excluding carboxylic acids is 1. The van der Waals surface area contributed by atoms with E-state index in [1.807, 2.05) is 6.07 Å². The van der Waals surface area contributed by atoms with Crippen LogP contribution in [-0.4, -0.2) is 49.2 Å². The van der Waals surface area contributed by atoms with Crippen LogP contribution < -0.4 is 10.1 Å². The van der Waals surface area contributed by atoms with E-state index in [1.54, 1.807) is 36.3 Å². The van der Waals surface area contributed by atoms with Crippen LogP contribution in [0, 0.1) is 17.2 Å². The largest absolute Gasteiger partial charge is 0.497 e. The maximum absolute atomic E-state index is 12.4. The smallest absolute Gasteiger partial charge is 0.247 e. The van der Waals surface area contributed by atoms with E-state index in [4.69, 9.17) is 21.7 Å². The van der Waals surface area contributed by atoms with E-state index in [-0.39, 0.29) is 10.9 Å². The van der Waals surface area contributed by atoms with Gasteiger partial charge in [-0.15, -0.1) is 0 Å². The molecule has 1 aromatic carbocycles. The van der Waals surface area contributed by atoms with Crippen LogP contribution in [-0.2, 0) is 9.53 Å². The molecule has 1 N–H and O–H groups in total. The maximum Gasteiger partial charge on any atom is 0.247 e. The van der Waals surface area contributed by atoms with Gasteiger partial charge in [0, 0.05) is 24.8 Å². The van der Waals surface area contributed by atoms with Gasteiger partial charge in [-0.25, -0.2) is 0 Å². The molecule has 22 heavy (non-hydrogen) atoms. The second kappa shape index (κ2) is 7.73. The van der Waals surface area contributed by atoms with Crippen LogP contribution in [0.15, 0.2) is 24.3 Å². The molecular weight excluding hydrogens is 302 g/mol. The predicted molar refractivity (Wildman–Crippen MR) is 85.7 cm³/mol. The van der Waals surface area contributed by atoms with Crippen molar-refractivity contribution in [2.45, 2.75) is 0 Å². The Hall–Kier alpha value is -2.17. The van der Waals surface area contributed by atoms with Crippen molar-refractivity contribution >= 4 is 28.8 Å². The number of ether oxygens (including phenoxy) is 2. The van der Waals surface area contributed by atoms with Crippen molar-refractivity contribution in [3.8, 4) is 11.8 Å². The van der Waals surface area contributed by atoms with Gasteiger partial charge >= 0.3 is 0 Å². The van der Waals surface area contributed by atoms with E-state index in [1.165, 1.54) is 0 Å². The van der Waals surface area contributed by atoms with E-state index < -0.39 is 5.92 Å². The fourth-order valence-electron chi connectivity index (χ4n) is 2.11. The van der Waals surface area contributed by atoms with Crippen molar-refractivity contribution in [3.05, 3.63) is 24.3 Å². The maximum atomic E-state index is 12.4. The predicted octanol–water partition coefficient (Wildman–Crippen LogP) is 1.43. The number of nitriles is 1. The zero-order valence-corrected chi connectivity index (χ0v) is 13.1. The van der Waals surface area contributed by atoms with Gasteiger partial charge in [0.25, 0.3) is 0 Å². The van der Waals surface area contributed by atoms with Crippen molar-refractivity contribution in [1.82, 2.24) is 4.90 Å². The summed E-state index contributed by atoms with van der Waals surface area (Å²) in [5, 5.41) is 12.2. The summed E-state index contributed by atoms with van der Waals surface area (Å²) in [5.74, 6) is -0.619. The first-order valence-electron chi connectivity index (χ1n) is 6.87. The molecule has 6 nitrogen and oxygen atoms in total. The second-order valence-corrected chi connectivity index (χ2v) is 5.16. The molecule has 0 aromatic heterocycles. The molecule has 1 atom stereocenters. The number of carbonyl (C=O) groups is 1. The molecule has 2 rings (SSSR count). The summed E-state index contributed by atoms with van der Waals surface area (Å²) in [6.07, 6.45) is 0. The molecule has 1 aliphatic heterocycles. The summed E-state index contributed by atoms with van der Waals surface area (Å²) in [7, 11) is 1.57. The molecule has 0 spiro atoms. The number of benzene rings is 1. The zero-order valence-electron chi connectivity index (χ0n) is 12.2. The molecule has 0 radical (unpaired) electrons. The highest BCUT2D eigenvalue weighted by molar-refractivity contribution is 7.80. The van der Waals surface area contributed by atoms with Crippen molar-refractivity contribution in [1.29, 1.82) is 5.26 Å². The summed E-state index contributed by atoms with van der Waals surface area (Å²) in [6, 6.07) is 9.13. The van der Waals surface area contributed by atoms with Crippen LogP contribution >= 0.6 is 12.2 Å². The first-order valence-corrected chi connectivity index (χ1v) is 7.27. The quantitative estimate of drug-likeness (QED) is 0.846. The number of rotatable bonds is 4. The molecule has 1 heterocycles. The second-order valence-electron chi connectivity index (χ2n) is 4.72. The monoisotopic (exact) mass is 319 g/mol. The average molecular weight is 319 g/mol. The Morgan fingerprint density at radius 2 is 2.23 bits per heavy atom. The van der Waals surface area contributed by atoms with Crippen molar-refractivity contribution < 1.29 is 14.3 Å². The highest BCUT2D eigenvalue weighted by Gasteiger charge is 2.29. The number of amides is 1. The van der Waals surface area contributed by atoms with Gasteiger partial charge in [0.15, 0.2) is 5.92 Å². The summed E-state index contributed by atoms with van der Waals surface area (Å²) < 4.78 is 10.3. The normalized spacial score (nSPS) is 15.5. The number of nitrogens with one attached hydrogen (secondary N) is 1. The lowest BCUT2D eigenvalue weighted by molar-refractivity contribution is -0.135. The summed E-state index contributed by atoms with van der Waals surface area (Å²) >= 11 is 5.23. The summed E-state index contributed by atoms with van der Waals surface area (Å²) in [4.78, 5) is 14.2. The topological polar surface area (TPSA) is 74.6 Å². The molecule has 1 aliphatic rings. The number of anilines is 1. The number of hydrogen-bond acceptors (Lipinski definition) is 5. The fraction of sp³-hybridized carbons (Fsp3) is 0.400. The van der Waals surface area contributed by atoms with Crippen LogP contribution in [0.5, 0.6) is 5.75 Å². The van der Waals surface area contributed by atoms with E-state index in [0.717, 1.165) is 0 Å². The van der Waals surface area contributed by atoms with Gasteiger partial charge in [-0.2, -0.15) is 5.26 Å². The number of morpholine rings is 1. The third-order valence-electron chi connectivity index (χ3n) is 3.30. The Balaban J connectivity index is 2.05. The first-order chi connectivity index (χ1) is 10.7. The minimum atomic E-state index is -1.00. The van der Waals surface area contributed by atoms with Gasteiger partial charge in [-0.05, 0) is 12.1 Å². The number of nitrogens with zero attached hydrogens (tertiary/aromatic N) is 2. The van der Waals surface area contributed by atoms with Gasteiger partial charge in [-0.3, -0.25) is 4.79 Å². The van der Waals surface area contributed by atoms with Gasteiger partial charge in [0.1, 0.15) is 10.7 Å². The molecule has 0 saturated carbocycles. The zero-order chi connectivity index (χ0) is 15.9. The molecule has 1 fully saturated rings. The van der Waals surface area contributed by atoms with Crippen LogP contribution in [0.4, 0.5) is 5.69 Å². The minimum Gasteiger partial charge on any atom is -0.497 e. The average Bonchev–Trinajstić information content (AvgIpc) is 2.56. The fourth-order valence-corrected chi connectivity index (χ4v) is 2.38. The molecule has 1 amide bonds. The van der Waals surface area contributed by atoms with E-state index >= 15 is 0 Å². The highest BCUT2D eigenvalue weighted by Crippen LogP contribution is 2.18. The first kappa shape index (κ1) is 16.2. The van der Waals surface area contributed by atoms with Gasteiger partial charge < -0.3 is 19.7 Å². The molecule has 1 aromatic rings. The van der Waals surface area contributed by atoms with Crippen molar-refractivity contribution in [3.63, 3.8) is 0 Å². The Labute approximate surface area is 134 Å². The Bertz CT molecular complexity index is 594. The third kappa shape index (κ3) is 3.93. The van der Waals surface area contributed by atoms with Crippen LogP contribution in [0.25, 0.3) is 0 Å². The van der Waals surface area contributed by atoms with Crippen LogP contribution in [0.2, 0.25) is 0 Å². The van der Waals surface area contributed by atoms with Gasteiger partial charge in [0.05, 0.1) is 26.4 Å². The van der Waals surface area contributed by atoms with E-state index in [2.05, 4.69) is 5.32 Å². The van der Waals surface area contributed by atoms with Crippen LogP contribution in [0.1, 0.15) is 0 Å². The SMILES string of the molecule is COc1cccc(NC(=S)C(C#N)C(=O)N2CCOCC2)c1. The highest BCUT2D eigenvalue weighted by atomic mass is 32.1. The lowest BCUT2D eigenvalue weighted by Crippen LogP contribution is -2.46. The molecule has 0 aliphatic carbocycles. The van der Waals surface area contributed by atoms with E-state index in [0.29, 0.717) is 37.7 Å². The van der Waals surface area contributed by atoms with Gasteiger partial charge in [0.2, 0.25) is 5.91 Å². The Morgan fingerprint density at radius 1 is 1.50 bits per heavy atom. The molecular formula is C15H17N3O3S. The van der Waals surface area contributed by atoms with E-state index in [9.17, 15) is 10.1 Å². The van der Waals surface area contributed by atoms with Crippen LogP contribution in [0.3, 0.4) is 0 Å². The van der Waals surface area contributed by atoms with Crippen molar-refractivity contribution in [2.24, 2.45) is 5.92 Å². The number of hydrogen-bond donors (Lipinski definition) is 1. The Morgan fingerprint density at radius 3 is 2.86 bits per heavy atom. The summed E-state index contributed by atoms with van der Waals surface area (Å²) in [5.41, 5.74) is 0.680. The lowest BCUT2D eigenvalue weighted by Gasteiger charge is -2.28. The standard InChI is InChI=1S/C15H17N3O3S/c1-20-12-4-2-3-11(9-12)17-14(22)13(10-16)15(19)18-5-7-21-8-6-18/h2-4,9,13H,5-8H2,1H3,(H,17,22). The lowest BCUT2D eigenvalue weighted by atomic mass is 10.1. The number of methoxy groups -OCH3 is 1. The van der Waals surface area contributed by atoms with Crippen molar-refractivity contribution in [2.75, 3.05) is 38.7 Å². The molecule has 1 unspecified atom stereocenters. The molecule has 116 valence electrons. The Kier molecular flexibility index (Phi) is 5.69. The minimum absolute atomic E-state index is 0.187. The van der Waals surface area contributed by atoms with Gasteiger partial charge in [-0.1, -0.05) is 18.3 Å². The third-order valence-corrected chi connectivity index (χ3v) is 3.64. The molecule has 7 heteroatoms. The molecule has 1 saturated heterocycles.